The fraction of sp³-hybridized carbons (Fsp3) is 0.167. The zero-order chi connectivity index (χ0) is 18.7. The lowest BCUT2D eigenvalue weighted by molar-refractivity contribution is -0.137. The summed E-state index contributed by atoms with van der Waals surface area (Å²) in [6.45, 7) is 0.261. The topological polar surface area (TPSA) is 92.7 Å². The van der Waals surface area contributed by atoms with Crippen LogP contribution in [-0.4, -0.2) is 28.8 Å². The fourth-order valence-electron chi connectivity index (χ4n) is 2.59. The lowest BCUT2D eigenvalue weighted by atomic mass is 10.0. The van der Waals surface area contributed by atoms with Gasteiger partial charge in [0.1, 0.15) is 5.75 Å². The molecule has 1 fully saturated rings. The molecule has 0 unspecified atom stereocenters. The Morgan fingerprint density at radius 3 is 2.65 bits per heavy atom. The van der Waals surface area contributed by atoms with Crippen molar-refractivity contribution in [2.45, 2.75) is 17.7 Å². The van der Waals surface area contributed by atoms with Crippen molar-refractivity contribution in [3.63, 3.8) is 0 Å². The molecule has 2 aromatic rings. The summed E-state index contributed by atoms with van der Waals surface area (Å²) in [6.07, 6.45) is 2.08. The molecular formula is C18H15NO5S2. The number of fused-ring (bicyclic) bond motifs is 1. The van der Waals surface area contributed by atoms with Crippen molar-refractivity contribution in [3.05, 3.63) is 40.8 Å². The first kappa shape index (κ1) is 18.3. The molecule has 8 heteroatoms. The number of hydrogen-bond acceptors (Lipinski definition) is 6. The Bertz CT molecular complexity index is 939. The maximum Gasteiger partial charge on any atom is 0.303 e. The molecule has 0 bridgehead atoms. The predicted molar refractivity (Wildman–Crippen MR) is 103 cm³/mol. The van der Waals surface area contributed by atoms with Crippen molar-refractivity contribution in [3.8, 4) is 5.75 Å². The summed E-state index contributed by atoms with van der Waals surface area (Å²) < 4.78 is 5.76. The highest BCUT2D eigenvalue weighted by molar-refractivity contribution is 8.18. The molecule has 0 aromatic heterocycles. The van der Waals surface area contributed by atoms with Gasteiger partial charge in [0.15, 0.2) is 0 Å². The number of amides is 2. The van der Waals surface area contributed by atoms with Crippen molar-refractivity contribution >= 4 is 58.4 Å². The van der Waals surface area contributed by atoms with E-state index in [1.807, 2.05) is 24.3 Å². The number of thiol groups is 1. The maximum atomic E-state index is 11.8. The second-order valence-corrected chi connectivity index (χ2v) is 7.05. The molecular weight excluding hydrogens is 374 g/mol. The first-order chi connectivity index (χ1) is 12.5. The van der Waals surface area contributed by atoms with E-state index in [4.69, 9.17) is 9.84 Å². The van der Waals surface area contributed by atoms with Gasteiger partial charge < -0.3 is 9.84 Å². The molecule has 0 spiro atoms. The van der Waals surface area contributed by atoms with E-state index >= 15 is 0 Å². The van der Waals surface area contributed by atoms with E-state index in [2.05, 4.69) is 17.9 Å². The molecule has 1 aliphatic heterocycles. The molecule has 1 saturated heterocycles. The number of rotatable bonds is 6. The number of benzene rings is 2. The molecule has 26 heavy (non-hydrogen) atoms. The number of ether oxygens (including phenoxy) is 1. The van der Waals surface area contributed by atoms with Crippen LogP contribution in [0.3, 0.4) is 0 Å². The van der Waals surface area contributed by atoms with Gasteiger partial charge >= 0.3 is 5.97 Å². The normalized spacial score (nSPS) is 15.5. The lowest BCUT2D eigenvalue weighted by Gasteiger charge is -2.14. The maximum absolute atomic E-state index is 11.8. The Morgan fingerprint density at radius 1 is 1.27 bits per heavy atom. The predicted octanol–water partition coefficient (Wildman–Crippen LogP) is 3.70. The van der Waals surface area contributed by atoms with Crippen LogP contribution in [0.2, 0.25) is 0 Å². The summed E-state index contributed by atoms with van der Waals surface area (Å²) in [5.74, 6) is -0.719. The van der Waals surface area contributed by atoms with Gasteiger partial charge in [-0.1, -0.05) is 24.3 Å². The molecule has 2 aromatic carbocycles. The van der Waals surface area contributed by atoms with E-state index < -0.39 is 17.1 Å². The van der Waals surface area contributed by atoms with Crippen LogP contribution < -0.4 is 10.1 Å². The molecule has 0 aliphatic carbocycles. The van der Waals surface area contributed by atoms with Crippen molar-refractivity contribution < 1.29 is 24.2 Å². The monoisotopic (exact) mass is 389 g/mol. The van der Waals surface area contributed by atoms with Gasteiger partial charge in [-0.15, -0.1) is 12.6 Å². The number of carbonyl (C=O) groups is 3. The highest BCUT2D eigenvalue weighted by Gasteiger charge is 2.25. The number of nitrogens with one attached hydrogen (secondary N) is 1. The average molecular weight is 389 g/mol. The summed E-state index contributed by atoms with van der Waals surface area (Å²) in [7, 11) is 0. The molecule has 0 saturated carbocycles. The van der Waals surface area contributed by atoms with Gasteiger partial charge in [-0.2, -0.15) is 0 Å². The standard InChI is InChI=1S/C18H15NO5S2/c20-15(21)6-3-7-24-16-12-5-2-1-4-11(12)10(8-13(16)25)9-14-17(22)19-18(23)26-14/h1-2,4-5,8-9,25H,3,6-7H2,(H,20,21)(H,19,22,23)/b14-9-. The number of carboxylic acid groups (broad SMARTS) is 1. The van der Waals surface area contributed by atoms with Crippen molar-refractivity contribution in [1.29, 1.82) is 0 Å². The highest BCUT2D eigenvalue weighted by Crippen LogP contribution is 2.37. The zero-order valence-electron chi connectivity index (χ0n) is 13.5. The largest absolute Gasteiger partial charge is 0.492 e. The molecule has 1 aliphatic rings. The molecule has 3 rings (SSSR count). The summed E-state index contributed by atoms with van der Waals surface area (Å²) >= 11 is 5.33. The SMILES string of the molecule is O=C(O)CCCOc1c(S)cc(/C=C2\SC(=O)NC2=O)c2ccccc12. The Balaban J connectivity index is 1.96. The van der Waals surface area contributed by atoms with Crippen LogP contribution in [0, 0.1) is 0 Å². The van der Waals surface area contributed by atoms with Crippen LogP contribution in [-0.2, 0) is 9.59 Å². The summed E-state index contributed by atoms with van der Waals surface area (Å²) in [5.41, 5.74) is 0.746. The van der Waals surface area contributed by atoms with Gasteiger partial charge in [0.2, 0.25) is 0 Å². The van der Waals surface area contributed by atoms with E-state index in [0.29, 0.717) is 22.0 Å². The summed E-state index contributed by atoms with van der Waals surface area (Å²) in [4.78, 5) is 34.6. The molecule has 0 atom stereocenters. The smallest absolute Gasteiger partial charge is 0.303 e. The van der Waals surface area contributed by atoms with E-state index in [-0.39, 0.29) is 13.0 Å². The van der Waals surface area contributed by atoms with Crippen molar-refractivity contribution in [1.82, 2.24) is 5.32 Å². The van der Waals surface area contributed by atoms with E-state index in [1.165, 1.54) is 0 Å². The van der Waals surface area contributed by atoms with Gasteiger partial charge in [-0.25, -0.2) is 0 Å². The number of imide groups is 1. The van der Waals surface area contributed by atoms with Gasteiger partial charge in [0.05, 0.1) is 11.5 Å². The fourth-order valence-corrected chi connectivity index (χ4v) is 3.59. The van der Waals surface area contributed by atoms with E-state index in [9.17, 15) is 14.4 Å². The Morgan fingerprint density at radius 2 is 2.00 bits per heavy atom. The van der Waals surface area contributed by atoms with E-state index in [0.717, 1.165) is 28.1 Å². The molecule has 134 valence electrons. The third-order valence-corrected chi connectivity index (χ3v) is 4.86. The van der Waals surface area contributed by atoms with Gasteiger partial charge in [0, 0.05) is 16.7 Å². The first-order valence-electron chi connectivity index (χ1n) is 7.80. The minimum atomic E-state index is -0.867. The number of aliphatic carboxylic acids is 1. The zero-order valence-corrected chi connectivity index (χ0v) is 15.2. The third kappa shape index (κ3) is 4.03. The van der Waals surface area contributed by atoms with Crippen LogP contribution in [0.4, 0.5) is 4.79 Å². The van der Waals surface area contributed by atoms with Crippen molar-refractivity contribution in [2.75, 3.05) is 6.61 Å². The minimum Gasteiger partial charge on any atom is -0.492 e. The van der Waals surface area contributed by atoms with Crippen LogP contribution in [0.5, 0.6) is 5.75 Å². The number of carbonyl (C=O) groups excluding carboxylic acids is 2. The average Bonchev–Trinajstić information content (AvgIpc) is 2.91. The second-order valence-electron chi connectivity index (χ2n) is 5.56. The Kier molecular flexibility index (Phi) is 5.53. The summed E-state index contributed by atoms with van der Waals surface area (Å²) in [6, 6.07) is 9.25. The lowest BCUT2D eigenvalue weighted by Crippen LogP contribution is -2.17. The first-order valence-corrected chi connectivity index (χ1v) is 9.06. The molecule has 2 N–H and O–H groups in total. The molecule has 0 radical (unpaired) electrons. The van der Waals surface area contributed by atoms with Crippen LogP contribution in [0.1, 0.15) is 18.4 Å². The molecule has 1 heterocycles. The minimum absolute atomic E-state index is 0.0321. The second kappa shape index (κ2) is 7.84. The molecule has 6 nitrogen and oxygen atoms in total. The van der Waals surface area contributed by atoms with Gasteiger partial charge in [-0.05, 0) is 41.3 Å². The van der Waals surface area contributed by atoms with Crippen LogP contribution in [0.25, 0.3) is 16.8 Å². The van der Waals surface area contributed by atoms with Crippen LogP contribution >= 0.6 is 24.4 Å². The molecule has 2 amide bonds. The third-order valence-electron chi connectivity index (χ3n) is 3.72. The van der Waals surface area contributed by atoms with Gasteiger partial charge in [-0.3, -0.25) is 19.7 Å². The number of hydrogen-bond donors (Lipinski definition) is 3. The van der Waals surface area contributed by atoms with E-state index in [1.54, 1.807) is 12.1 Å². The number of carboxylic acids is 1. The Labute approximate surface area is 159 Å². The van der Waals surface area contributed by atoms with Gasteiger partial charge in [0.25, 0.3) is 11.1 Å². The Hall–Kier alpha value is -2.45. The number of thioether (sulfide) groups is 1. The van der Waals surface area contributed by atoms with Crippen LogP contribution in [0.15, 0.2) is 40.1 Å². The van der Waals surface area contributed by atoms with Crippen molar-refractivity contribution in [2.24, 2.45) is 0 Å². The quantitative estimate of drug-likeness (QED) is 0.396. The summed E-state index contributed by atoms with van der Waals surface area (Å²) in [5, 5.41) is 12.2. The highest BCUT2D eigenvalue weighted by atomic mass is 32.2.